The number of rotatable bonds is 4. The van der Waals surface area contributed by atoms with Crippen molar-refractivity contribution in [2.45, 2.75) is 6.54 Å². The summed E-state index contributed by atoms with van der Waals surface area (Å²) in [5, 5.41) is 7.05. The molecule has 2 amide bonds. The van der Waals surface area contributed by atoms with E-state index < -0.39 is 11.8 Å². The molecule has 0 spiro atoms. The van der Waals surface area contributed by atoms with E-state index >= 15 is 0 Å². The largest absolute Gasteiger partial charge is 0.290 e. The summed E-state index contributed by atoms with van der Waals surface area (Å²) in [6, 6.07) is 29.2. The Morgan fingerprint density at radius 2 is 1.35 bits per heavy atom. The van der Waals surface area contributed by atoms with Crippen molar-refractivity contribution in [3.63, 3.8) is 0 Å². The number of hydrazine groups is 1. The molecule has 0 saturated heterocycles. The Balaban J connectivity index is 1.42. The van der Waals surface area contributed by atoms with Gasteiger partial charge in [-0.25, -0.2) is 4.68 Å². The minimum absolute atomic E-state index is 0.0462. The first-order valence-corrected chi connectivity index (χ1v) is 10.7. The monoisotopic (exact) mass is 448 g/mol. The number of carbonyl (C=O) groups is 2. The molecule has 1 heterocycles. The van der Waals surface area contributed by atoms with Gasteiger partial charge in [-0.2, -0.15) is 5.10 Å². The summed E-state index contributed by atoms with van der Waals surface area (Å²) in [6.45, 7) is 0.217. The van der Waals surface area contributed by atoms with Gasteiger partial charge in [0.2, 0.25) is 0 Å². The molecular formula is C27H20N4O3. The zero-order valence-electron chi connectivity index (χ0n) is 18.1. The molecule has 7 nitrogen and oxygen atoms in total. The Morgan fingerprint density at radius 3 is 2.15 bits per heavy atom. The van der Waals surface area contributed by atoms with Crippen LogP contribution in [-0.4, -0.2) is 21.6 Å². The first-order valence-electron chi connectivity index (χ1n) is 10.7. The third-order valence-electron chi connectivity index (χ3n) is 5.56. The van der Waals surface area contributed by atoms with Crippen LogP contribution >= 0.6 is 0 Å². The number of aromatic nitrogens is 2. The van der Waals surface area contributed by atoms with Gasteiger partial charge in [0.25, 0.3) is 17.4 Å². The molecule has 4 aromatic carbocycles. The van der Waals surface area contributed by atoms with Gasteiger partial charge in [-0.1, -0.05) is 78.9 Å². The van der Waals surface area contributed by atoms with Gasteiger partial charge in [0, 0.05) is 10.9 Å². The van der Waals surface area contributed by atoms with Crippen LogP contribution in [0, 0.1) is 0 Å². The van der Waals surface area contributed by atoms with E-state index in [1.54, 1.807) is 36.4 Å². The summed E-state index contributed by atoms with van der Waals surface area (Å²) in [4.78, 5) is 38.6. The lowest BCUT2D eigenvalue weighted by atomic mass is 10.1. The summed E-state index contributed by atoms with van der Waals surface area (Å²) in [5.41, 5.74) is 5.91. The van der Waals surface area contributed by atoms with Crippen molar-refractivity contribution in [1.29, 1.82) is 0 Å². The number of nitrogens with zero attached hydrogens (tertiary/aromatic N) is 2. The number of hydrogen-bond acceptors (Lipinski definition) is 4. The van der Waals surface area contributed by atoms with Crippen molar-refractivity contribution < 1.29 is 9.59 Å². The molecule has 5 rings (SSSR count). The molecule has 5 aromatic rings. The molecule has 0 fully saturated rings. The Kier molecular flexibility index (Phi) is 5.58. The Hall–Kier alpha value is -4.78. The fourth-order valence-corrected chi connectivity index (χ4v) is 3.84. The molecule has 0 aliphatic rings. The molecule has 1 aromatic heterocycles. The van der Waals surface area contributed by atoms with Gasteiger partial charge in [-0.15, -0.1) is 0 Å². The average molecular weight is 448 g/mol. The molecule has 7 heteroatoms. The lowest BCUT2D eigenvalue weighted by molar-refractivity contribution is 0.0844. The third kappa shape index (κ3) is 4.14. The molecule has 34 heavy (non-hydrogen) atoms. The van der Waals surface area contributed by atoms with Crippen molar-refractivity contribution in [1.82, 2.24) is 20.6 Å². The summed E-state index contributed by atoms with van der Waals surface area (Å²) < 4.78 is 1.26. The second-order valence-corrected chi connectivity index (χ2v) is 7.81. The van der Waals surface area contributed by atoms with Crippen molar-refractivity contribution >= 4 is 33.4 Å². The number of hydrogen-bond donors (Lipinski definition) is 2. The zero-order valence-corrected chi connectivity index (χ0v) is 18.1. The van der Waals surface area contributed by atoms with E-state index in [1.165, 1.54) is 4.68 Å². The van der Waals surface area contributed by atoms with Gasteiger partial charge in [0.15, 0.2) is 5.69 Å². The molecule has 0 unspecified atom stereocenters. The van der Waals surface area contributed by atoms with Gasteiger partial charge in [-0.05, 0) is 34.5 Å². The second kappa shape index (κ2) is 8.99. The Bertz CT molecular complexity index is 1590. The molecule has 0 aliphatic heterocycles. The summed E-state index contributed by atoms with van der Waals surface area (Å²) in [6.07, 6.45) is 0. The average Bonchev–Trinajstić information content (AvgIpc) is 2.89. The smallest absolute Gasteiger partial charge is 0.267 e. The van der Waals surface area contributed by atoms with Crippen LogP contribution in [0.4, 0.5) is 0 Å². The van der Waals surface area contributed by atoms with E-state index in [4.69, 9.17) is 0 Å². The highest BCUT2D eigenvalue weighted by Gasteiger charge is 2.18. The van der Waals surface area contributed by atoms with Crippen molar-refractivity contribution in [2.75, 3.05) is 0 Å². The van der Waals surface area contributed by atoms with E-state index in [-0.39, 0.29) is 17.8 Å². The van der Waals surface area contributed by atoms with Gasteiger partial charge in [0.05, 0.1) is 11.9 Å². The molecule has 0 saturated carbocycles. The molecular weight excluding hydrogens is 428 g/mol. The normalized spacial score (nSPS) is 10.8. The minimum Gasteiger partial charge on any atom is -0.267 e. The van der Waals surface area contributed by atoms with E-state index in [0.717, 1.165) is 16.3 Å². The number of nitrogens with one attached hydrogen (secondary N) is 2. The first-order chi connectivity index (χ1) is 16.6. The maximum Gasteiger partial charge on any atom is 0.290 e. The maximum absolute atomic E-state index is 13.0. The lowest BCUT2D eigenvalue weighted by Gasteiger charge is -2.12. The van der Waals surface area contributed by atoms with Crippen LogP contribution in [0.5, 0.6) is 0 Å². The van der Waals surface area contributed by atoms with Crippen LogP contribution in [0.3, 0.4) is 0 Å². The summed E-state index contributed by atoms with van der Waals surface area (Å²) in [7, 11) is 0. The highest BCUT2D eigenvalue weighted by molar-refractivity contribution is 6.06. The van der Waals surface area contributed by atoms with Crippen molar-refractivity contribution in [2.24, 2.45) is 0 Å². The van der Waals surface area contributed by atoms with Crippen LogP contribution in [0.1, 0.15) is 26.4 Å². The topological polar surface area (TPSA) is 93.1 Å². The number of fused-ring (bicyclic) bond motifs is 2. The standard InChI is InChI=1S/C27H20N4O3/c32-25(21-15-14-19-10-4-5-11-20(19)16-21)28-29-26(33)24-22-12-6-7-13-23(22)27(34)31(30-24)17-18-8-2-1-3-9-18/h1-16H,17H2,(H,28,32)(H,29,33). The molecule has 2 N–H and O–H groups in total. The van der Waals surface area contributed by atoms with Crippen LogP contribution in [0.15, 0.2) is 102 Å². The number of carbonyl (C=O) groups excluding carboxylic acids is 2. The fourth-order valence-electron chi connectivity index (χ4n) is 3.84. The second-order valence-electron chi connectivity index (χ2n) is 7.81. The minimum atomic E-state index is -0.618. The quantitative estimate of drug-likeness (QED) is 0.410. The molecule has 166 valence electrons. The van der Waals surface area contributed by atoms with E-state index in [0.29, 0.717) is 16.3 Å². The molecule has 0 bridgehead atoms. The number of amides is 2. The van der Waals surface area contributed by atoms with Gasteiger partial charge in [0.1, 0.15) is 0 Å². The SMILES string of the molecule is O=C(NNC(=O)c1nn(Cc2ccccc2)c(=O)c2ccccc12)c1ccc2ccccc2c1. The predicted octanol–water partition coefficient (Wildman–Crippen LogP) is 3.67. The van der Waals surface area contributed by atoms with Crippen LogP contribution < -0.4 is 16.4 Å². The zero-order chi connectivity index (χ0) is 23.5. The Labute approximate surface area is 194 Å². The highest BCUT2D eigenvalue weighted by atomic mass is 16.2. The molecule has 0 aliphatic carbocycles. The van der Waals surface area contributed by atoms with Crippen LogP contribution in [-0.2, 0) is 6.54 Å². The highest BCUT2D eigenvalue weighted by Crippen LogP contribution is 2.16. The van der Waals surface area contributed by atoms with E-state index in [1.807, 2.05) is 60.7 Å². The summed E-state index contributed by atoms with van der Waals surface area (Å²) >= 11 is 0. The Morgan fingerprint density at radius 1 is 0.706 bits per heavy atom. The predicted molar refractivity (Wildman–Crippen MR) is 130 cm³/mol. The van der Waals surface area contributed by atoms with E-state index in [9.17, 15) is 14.4 Å². The van der Waals surface area contributed by atoms with Crippen molar-refractivity contribution in [3.05, 3.63) is 124 Å². The lowest BCUT2D eigenvalue weighted by Crippen LogP contribution is -2.42. The first kappa shape index (κ1) is 21.1. The van der Waals surface area contributed by atoms with Crippen LogP contribution in [0.25, 0.3) is 21.5 Å². The van der Waals surface area contributed by atoms with E-state index in [2.05, 4.69) is 16.0 Å². The maximum atomic E-state index is 13.0. The van der Waals surface area contributed by atoms with Gasteiger partial charge in [-0.3, -0.25) is 25.2 Å². The third-order valence-corrected chi connectivity index (χ3v) is 5.56. The number of benzene rings is 4. The fraction of sp³-hybridized carbons (Fsp3) is 0.0370. The van der Waals surface area contributed by atoms with Gasteiger partial charge >= 0.3 is 0 Å². The summed E-state index contributed by atoms with van der Waals surface area (Å²) in [5.74, 6) is -1.08. The molecule has 0 atom stereocenters. The van der Waals surface area contributed by atoms with Crippen molar-refractivity contribution in [3.8, 4) is 0 Å². The van der Waals surface area contributed by atoms with Crippen LogP contribution in [0.2, 0.25) is 0 Å². The molecule has 0 radical (unpaired) electrons. The van der Waals surface area contributed by atoms with Gasteiger partial charge < -0.3 is 0 Å².